The molecule has 2 aromatic rings. The van der Waals surface area contributed by atoms with Crippen molar-refractivity contribution in [3.63, 3.8) is 0 Å². The van der Waals surface area contributed by atoms with Gasteiger partial charge in [-0.05, 0) is 35.4 Å². The molecule has 86 valence electrons. The Labute approximate surface area is 97.1 Å². The Morgan fingerprint density at radius 2 is 1.59 bits per heavy atom. The second-order valence-electron chi connectivity index (χ2n) is 3.82. The highest BCUT2D eigenvalue weighted by atomic mass is 16.4. The lowest BCUT2D eigenvalue weighted by Gasteiger charge is -2.07. The second kappa shape index (κ2) is 3.90. The maximum atomic E-state index is 11.1. The van der Waals surface area contributed by atoms with Crippen LogP contribution in [-0.2, 0) is 0 Å². The normalized spacial score (nSPS) is 10.4. The lowest BCUT2D eigenvalue weighted by atomic mass is 9.97. The van der Waals surface area contributed by atoms with Crippen molar-refractivity contribution in [2.75, 3.05) is 0 Å². The average Bonchev–Trinajstić information content (AvgIpc) is 2.26. The van der Waals surface area contributed by atoms with E-state index < -0.39 is 11.9 Å². The number of carboxylic acid groups (broad SMARTS) is 2. The summed E-state index contributed by atoms with van der Waals surface area (Å²) in [7, 11) is 0. The van der Waals surface area contributed by atoms with Crippen LogP contribution in [-0.4, -0.2) is 22.2 Å². The smallest absolute Gasteiger partial charge is 0.336 e. The van der Waals surface area contributed by atoms with E-state index in [0.717, 1.165) is 5.56 Å². The van der Waals surface area contributed by atoms with Crippen molar-refractivity contribution in [3.8, 4) is 0 Å². The van der Waals surface area contributed by atoms with Gasteiger partial charge in [0.05, 0.1) is 11.1 Å². The minimum absolute atomic E-state index is 0.119. The zero-order valence-electron chi connectivity index (χ0n) is 9.10. The van der Waals surface area contributed by atoms with Gasteiger partial charge in [-0.25, -0.2) is 9.59 Å². The fraction of sp³-hybridized carbons (Fsp3) is 0.0769. The summed E-state index contributed by atoms with van der Waals surface area (Å²) >= 11 is 0. The fourth-order valence-corrected chi connectivity index (χ4v) is 1.89. The topological polar surface area (TPSA) is 74.6 Å². The largest absolute Gasteiger partial charge is 0.478 e. The third-order valence-electron chi connectivity index (χ3n) is 2.60. The van der Waals surface area contributed by atoms with E-state index in [1.54, 1.807) is 25.1 Å². The van der Waals surface area contributed by atoms with Gasteiger partial charge in [-0.1, -0.05) is 18.2 Å². The number of benzene rings is 2. The number of carboxylic acids is 2. The van der Waals surface area contributed by atoms with Crippen molar-refractivity contribution in [2.45, 2.75) is 6.92 Å². The molecule has 4 heteroatoms. The van der Waals surface area contributed by atoms with Gasteiger partial charge >= 0.3 is 11.9 Å². The number of aromatic carboxylic acids is 2. The van der Waals surface area contributed by atoms with Gasteiger partial charge in [-0.15, -0.1) is 0 Å². The minimum Gasteiger partial charge on any atom is -0.478 e. The summed E-state index contributed by atoms with van der Waals surface area (Å²) in [6.45, 7) is 1.74. The number of aryl methyl sites for hydroxylation is 1. The molecule has 2 aromatic carbocycles. The fourth-order valence-electron chi connectivity index (χ4n) is 1.89. The third-order valence-corrected chi connectivity index (χ3v) is 2.60. The molecule has 0 atom stereocenters. The summed E-state index contributed by atoms with van der Waals surface area (Å²) in [6.07, 6.45) is 0. The molecule has 2 N–H and O–H groups in total. The molecule has 0 spiro atoms. The van der Waals surface area contributed by atoms with E-state index in [0.29, 0.717) is 10.8 Å². The molecular weight excluding hydrogens is 220 g/mol. The molecule has 0 fully saturated rings. The maximum Gasteiger partial charge on any atom is 0.336 e. The van der Waals surface area contributed by atoms with Gasteiger partial charge in [0.15, 0.2) is 0 Å². The van der Waals surface area contributed by atoms with Gasteiger partial charge < -0.3 is 10.2 Å². The highest BCUT2D eigenvalue weighted by Crippen LogP contribution is 2.24. The number of rotatable bonds is 2. The van der Waals surface area contributed by atoms with E-state index in [4.69, 9.17) is 10.2 Å². The van der Waals surface area contributed by atoms with Gasteiger partial charge in [-0.2, -0.15) is 0 Å². The summed E-state index contributed by atoms with van der Waals surface area (Å²) < 4.78 is 0. The predicted molar refractivity (Wildman–Crippen MR) is 62.6 cm³/mol. The summed E-state index contributed by atoms with van der Waals surface area (Å²) in [5, 5.41) is 19.0. The lowest BCUT2D eigenvalue weighted by molar-refractivity contribution is 0.0686. The zero-order valence-corrected chi connectivity index (χ0v) is 9.10. The van der Waals surface area contributed by atoms with Gasteiger partial charge in [-0.3, -0.25) is 0 Å². The van der Waals surface area contributed by atoms with Gasteiger partial charge in [0.25, 0.3) is 0 Å². The Morgan fingerprint density at radius 3 is 2.18 bits per heavy atom. The molecule has 0 radical (unpaired) electrons. The van der Waals surface area contributed by atoms with Gasteiger partial charge in [0.2, 0.25) is 0 Å². The molecule has 0 bridgehead atoms. The number of hydrogen-bond donors (Lipinski definition) is 2. The van der Waals surface area contributed by atoms with Gasteiger partial charge in [0, 0.05) is 0 Å². The molecule has 0 aliphatic rings. The molecule has 0 unspecified atom stereocenters. The van der Waals surface area contributed by atoms with Crippen LogP contribution >= 0.6 is 0 Å². The second-order valence-corrected chi connectivity index (χ2v) is 3.82. The van der Waals surface area contributed by atoms with Crippen LogP contribution in [0, 0.1) is 6.92 Å². The molecule has 0 aliphatic carbocycles. The Balaban J connectivity index is 2.92. The number of hydrogen-bond acceptors (Lipinski definition) is 2. The monoisotopic (exact) mass is 230 g/mol. The van der Waals surface area contributed by atoms with Crippen molar-refractivity contribution >= 4 is 22.7 Å². The molecule has 0 amide bonds. The zero-order chi connectivity index (χ0) is 12.6. The lowest BCUT2D eigenvalue weighted by Crippen LogP contribution is -2.02. The van der Waals surface area contributed by atoms with E-state index in [1.165, 1.54) is 12.1 Å². The SMILES string of the molecule is Cc1cc(C(=O)O)c2cccc(C(=O)O)c2c1. The van der Waals surface area contributed by atoms with E-state index >= 15 is 0 Å². The Hall–Kier alpha value is -2.36. The first-order valence-electron chi connectivity index (χ1n) is 5.00. The Morgan fingerprint density at radius 1 is 0.941 bits per heavy atom. The highest BCUT2D eigenvalue weighted by Gasteiger charge is 2.14. The van der Waals surface area contributed by atoms with Crippen LogP contribution in [0.5, 0.6) is 0 Å². The molecule has 0 heterocycles. The van der Waals surface area contributed by atoms with Crippen LogP contribution in [0.15, 0.2) is 30.3 Å². The molecule has 17 heavy (non-hydrogen) atoms. The van der Waals surface area contributed by atoms with E-state index in [2.05, 4.69) is 0 Å². The van der Waals surface area contributed by atoms with Crippen molar-refractivity contribution in [1.29, 1.82) is 0 Å². The molecule has 0 aliphatic heterocycles. The number of carbonyl (C=O) groups is 2. The molecule has 2 rings (SSSR count). The molecular formula is C13H10O4. The van der Waals surface area contributed by atoms with Crippen molar-refractivity contribution in [3.05, 3.63) is 47.0 Å². The van der Waals surface area contributed by atoms with Crippen LogP contribution in [0.3, 0.4) is 0 Å². The maximum absolute atomic E-state index is 11.1. The third kappa shape index (κ3) is 1.85. The van der Waals surface area contributed by atoms with Crippen LogP contribution in [0.4, 0.5) is 0 Å². The molecule has 4 nitrogen and oxygen atoms in total. The van der Waals surface area contributed by atoms with Crippen LogP contribution in [0.1, 0.15) is 26.3 Å². The average molecular weight is 230 g/mol. The summed E-state index contributed by atoms with van der Waals surface area (Å²) in [5.41, 5.74) is 0.973. The van der Waals surface area contributed by atoms with Crippen LogP contribution in [0.25, 0.3) is 10.8 Å². The van der Waals surface area contributed by atoms with Crippen LogP contribution in [0.2, 0.25) is 0 Å². The standard InChI is InChI=1S/C13H10O4/c1-7-5-10-8(11(6-7)13(16)17)3-2-4-9(10)12(14)15/h2-6H,1H3,(H,14,15)(H,16,17). The first-order chi connectivity index (χ1) is 8.00. The first-order valence-corrected chi connectivity index (χ1v) is 5.00. The van der Waals surface area contributed by atoms with E-state index in [-0.39, 0.29) is 11.1 Å². The quantitative estimate of drug-likeness (QED) is 0.831. The molecule has 0 saturated heterocycles. The molecule has 0 saturated carbocycles. The van der Waals surface area contributed by atoms with Crippen molar-refractivity contribution < 1.29 is 19.8 Å². The number of fused-ring (bicyclic) bond motifs is 1. The minimum atomic E-state index is -1.06. The summed E-state index contributed by atoms with van der Waals surface area (Å²) in [5.74, 6) is -2.11. The Kier molecular flexibility index (Phi) is 2.55. The van der Waals surface area contributed by atoms with E-state index in [9.17, 15) is 9.59 Å². The van der Waals surface area contributed by atoms with Gasteiger partial charge in [0.1, 0.15) is 0 Å². The predicted octanol–water partition coefficient (Wildman–Crippen LogP) is 2.54. The summed E-state index contributed by atoms with van der Waals surface area (Å²) in [4.78, 5) is 22.2. The van der Waals surface area contributed by atoms with E-state index in [1.807, 2.05) is 0 Å². The molecule has 0 aromatic heterocycles. The first kappa shape index (κ1) is 11.1. The van der Waals surface area contributed by atoms with Crippen molar-refractivity contribution in [2.24, 2.45) is 0 Å². The van der Waals surface area contributed by atoms with Crippen LogP contribution < -0.4 is 0 Å². The Bertz CT molecular complexity index is 629. The van der Waals surface area contributed by atoms with Crippen molar-refractivity contribution in [1.82, 2.24) is 0 Å². The highest BCUT2D eigenvalue weighted by molar-refractivity contribution is 6.10. The summed E-state index contributed by atoms with van der Waals surface area (Å²) in [6, 6.07) is 7.86.